The predicted molar refractivity (Wildman–Crippen MR) is 74.8 cm³/mol. The van der Waals surface area contributed by atoms with Crippen LogP contribution >= 0.6 is 11.3 Å². The Morgan fingerprint density at radius 1 is 1.28 bits per heavy atom. The Bertz CT molecular complexity index is 465. The fourth-order valence-electron chi connectivity index (χ4n) is 2.04. The third-order valence-corrected chi connectivity index (χ3v) is 3.73. The Morgan fingerprint density at radius 3 is 2.83 bits per heavy atom. The Morgan fingerprint density at radius 2 is 2.11 bits per heavy atom. The minimum atomic E-state index is -0.420. The van der Waals surface area contributed by atoms with Gasteiger partial charge in [0.15, 0.2) is 0 Å². The van der Waals surface area contributed by atoms with Gasteiger partial charge in [0.2, 0.25) is 0 Å². The van der Waals surface area contributed by atoms with Crippen molar-refractivity contribution in [3.63, 3.8) is 0 Å². The summed E-state index contributed by atoms with van der Waals surface area (Å²) >= 11 is 1.70. The second-order valence-corrected chi connectivity index (χ2v) is 5.10. The number of aliphatic hydroxyl groups excluding tert-OH is 1. The van der Waals surface area contributed by atoms with Gasteiger partial charge in [-0.2, -0.15) is 11.3 Å². The molecule has 0 bridgehead atoms. The molecule has 1 aromatic heterocycles. The van der Waals surface area contributed by atoms with E-state index in [-0.39, 0.29) is 0 Å². The molecule has 0 spiro atoms. The van der Waals surface area contributed by atoms with Gasteiger partial charge in [0.05, 0.1) is 12.7 Å². The quantitative estimate of drug-likeness (QED) is 0.862. The van der Waals surface area contributed by atoms with Gasteiger partial charge in [0.25, 0.3) is 0 Å². The zero-order chi connectivity index (χ0) is 12.8. The van der Waals surface area contributed by atoms with Gasteiger partial charge in [0, 0.05) is 7.11 Å². The van der Waals surface area contributed by atoms with Crippen molar-refractivity contribution in [3.05, 3.63) is 57.8 Å². The van der Waals surface area contributed by atoms with E-state index in [0.717, 1.165) is 24.0 Å². The van der Waals surface area contributed by atoms with Gasteiger partial charge in [-0.3, -0.25) is 0 Å². The van der Waals surface area contributed by atoms with Crippen molar-refractivity contribution in [2.24, 2.45) is 0 Å². The topological polar surface area (TPSA) is 29.5 Å². The highest BCUT2D eigenvalue weighted by Crippen LogP contribution is 2.23. The van der Waals surface area contributed by atoms with Crippen molar-refractivity contribution in [2.75, 3.05) is 7.11 Å². The van der Waals surface area contributed by atoms with Crippen LogP contribution in [0.5, 0.6) is 0 Å². The molecule has 0 saturated heterocycles. The van der Waals surface area contributed by atoms with E-state index in [0.29, 0.717) is 6.61 Å². The Hall–Kier alpha value is -1.16. The molecule has 0 saturated carbocycles. The van der Waals surface area contributed by atoms with E-state index in [2.05, 4.69) is 16.8 Å². The monoisotopic (exact) mass is 262 g/mol. The number of ether oxygens (including phenoxy) is 1. The molecule has 1 heterocycles. The first-order valence-electron chi connectivity index (χ1n) is 6.07. The van der Waals surface area contributed by atoms with E-state index in [1.807, 2.05) is 24.3 Å². The van der Waals surface area contributed by atoms with Crippen LogP contribution in [-0.2, 0) is 17.8 Å². The highest BCUT2D eigenvalue weighted by Gasteiger charge is 2.11. The van der Waals surface area contributed by atoms with Gasteiger partial charge < -0.3 is 9.84 Å². The molecule has 0 amide bonds. The van der Waals surface area contributed by atoms with Crippen LogP contribution in [0.1, 0.15) is 29.2 Å². The van der Waals surface area contributed by atoms with Gasteiger partial charge in [-0.15, -0.1) is 0 Å². The second-order valence-electron chi connectivity index (χ2n) is 4.32. The number of aryl methyl sites for hydroxylation is 1. The maximum Gasteiger partial charge on any atom is 0.0796 e. The van der Waals surface area contributed by atoms with E-state index in [4.69, 9.17) is 4.74 Å². The summed E-state index contributed by atoms with van der Waals surface area (Å²) in [5.74, 6) is 0. The highest BCUT2D eigenvalue weighted by molar-refractivity contribution is 7.07. The molecule has 2 aromatic rings. The average molecular weight is 262 g/mol. The molecule has 3 heteroatoms. The van der Waals surface area contributed by atoms with Gasteiger partial charge in [-0.1, -0.05) is 24.3 Å². The highest BCUT2D eigenvalue weighted by atomic mass is 32.1. The summed E-state index contributed by atoms with van der Waals surface area (Å²) in [4.78, 5) is 0. The number of rotatable bonds is 6. The third kappa shape index (κ3) is 3.42. The lowest BCUT2D eigenvalue weighted by Crippen LogP contribution is -2.04. The molecule has 1 N–H and O–H groups in total. The third-order valence-electron chi connectivity index (χ3n) is 3.00. The molecule has 0 radical (unpaired) electrons. The molecule has 0 aliphatic rings. The summed E-state index contributed by atoms with van der Waals surface area (Å²) in [5.41, 5.74) is 3.34. The number of thiophene rings is 1. The van der Waals surface area contributed by atoms with E-state index >= 15 is 0 Å². The predicted octanol–water partition coefficient (Wildman–Crippen LogP) is 3.56. The zero-order valence-corrected chi connectivity index (χ0v) is 11.3. The Labute approximate surface area is 112 Å². The van der Waals surface area contributed by atoms with Gasteiger partial charge in [0.1, 0.15) is 0 Å². The summed E-state index contributed by atoms with van der Waals surface area (Å²) in [6.07, 6.45) is 1.24. The molecule has 2 nitrogen and oxygen atoms in total. The molecule has 0 aliphatic heterocycles. The van der Waals surface area contributed by atoms with Crippen molar-refractivity contribution >= 4 is 11.3 Å². The standard InChI is InChI=1S/C15H18O2S/c1-17-10-13-4-2-3-5-14(13)15(16)7-6-12-8-9-18-11-12/h2-5,8-9,11,15-16H,6-7,10H2,1H3. The van der Waals surface area contributed by atoms with Crippen molar-refractivity contribution in [1.29, 1.82) is 0 Å². The molecule has 0 aliphatic carbocycles. The minimum absolute atomic E-state index is 0.420. The van der Waals surface area contributed by atoms with E-state index in [1.165, 1.54) is 5.56 Å². The molecule has 2 rings (SSSR count). The van der Waals surface area contributed by atoms with Crippen LogP contribution in [0.2, 0.25) is 0 Å². The van der Waals surface area contributed by atoms with Crippen LogP contribution in [0.3, 0.4) is 0 Å². The fourth-order valence-corrected chi connectivity index (χ4v) is 2.74. The Balaban J connectivity index is 2.01. The van der Waals surface area contributed by atoms with Crippen molar-refractivity contribution in [2.45, 2.75) is 25.6 Å². The van der Waals surface area contributed by atoms with Crippen molar-refractivity contribution < 1.29 is 9.84 Å². The summed E-state index contributed by atoms with van der Waals surface area (Å²) in [7, 11) is 1.68. The number of methoxy groups -OCH3 is 1. The number of aliphatic hydroxyl groups is 1. The maximum atomic E-state index is 10.3. The van der Waals surface area contributed by atoms with E-state index in [9.17, 15) is 5.11 Å². The molecule has 1 atom stereocenters. The molecular formula is C15H18O2S. The lowest BCUT2D eigenvalue weighted by atomic mass is 9.98. The van der Waals surface area contributed by atoms with Crippen LogP contribution in [0.25, 0.3) is 0 Å². The normalized spacial score (nSPS) is 12.6. The van der Waals surface area contributed by atoms with Crippen LogP contribution in [-0.4, -0.2) is 12.2 Å². The van der Waals surface area contributed by atoms with Crippen LogP contribution in [0.15, 0.2) is 41.1 Å². The number of hydrogen-bond donors (Lipinski definition) is 1. The summed E-state index contributed by atoms with van der Waals surface area (Å²) in [5, 5.41) is 14.5. The van der Waals surface area contributed by atoms with Gasteiger partial charge >= 0.3 is 0 Å². The zero-order valence-electron chi connectivity index (χ0n) is 10.5. The summed E-state index contributed by atoms with van der Waals surface area (Å²) in [6.45, 7) is 0.547. The Kier molecular flexibility index (Phi) is 4.93. The SMILES string of the molecule is COCc1ccccc1C(O)CCc1ccsc1. The first-order valence-corrected chi connectivity index (χ1v) is 7.01. The smallest absolute Gasteiger partial charge is 0.0796 e. The second kappa shape index (κ2) is 6.69. The van der Waals surface area contributed by atoms with Crippen molar-refractivity contribution in [3.8, 4) is 0 Å². The van der Waals surface area contributed by atoms with Gasteiger partial charge in [-0.05, 0) is 46.4 Å². The lowest BCUT2D eigenvalue weighted by Gasteiger charge is -2.14. The molecule has 1 unspecified atom stereocenters. The van der Waals surface area contributed by atoms with Crippen LogP contribution in [0, 0.1) is 0 Å². The molecule has 96 valence electrons. The molecular weight excluding hydrogens is 244 g/mol. The average Bonchev–Trinajstić information content (AvgIpc) is 2.90. The van der Waals surface area contributed by atoms with E-state index in [1.54, 1.807) is 18.4 Å². The first-order chi connectivity index (χ1) is 8.81. The summed E-state index contributed by atoms with van der Waals surface area (Å²) < 4.78 is 5.16. The maximum absolute atomic E-state index is 10.3. The number of benzene rings is 1. The minimum Gasteiger partial charge on any atom is -0.388 e. The molecule has 0 fully saturated rings. The van der Waals surface area contributed by atoms with Crippen LogP contribution in [0.4, 0.5) is 0 Å². The number of hydrogen-bond acceptors (Lipinski definition) is 3. The van der Waals surface area contributed by atoms with Crippen molar-refractivity contribution in [1.82, 2.24) is 0 Å². The van der Waals surface area contributed by atoms with Gasteiger partial charge in [-0.25, -0.2) is 0 Å². The lowest BCUT2D eigenvalue weighted by molar-refractivity contribution is 0.155. The first kappa shape index (κ1) is 13.3. The fraction of sp³-hybridized carbons (Fsp3) is 0.333. The largest absolute Gasteiger partial charge is 0.388 e. The molecule has 1 aromatic carbocycles. The van der Waals surface area contributed by atoms with Crippen LogP contribution < -0.4 is 0 Å². The van der Waals surface area contributed by atoms with E-state index < -0.39 is 6.10 Å². The summed E-state index contributed by atoms with van der Waals surface area (Å²) in [6, 6.07) is 10.0. The molecule has 18 heavy (non-hydrogen) atoms.